The number of rotatable bonds is 5. The second-order valence-corrected chi connectivity index (χ2v) is 7.97. The van der Waals surface area contributed by atoms with Crippen molar-refractivity contribution in [3.8, 4) is 5.75 Å². The predicted molar refractivity (Wildman–Crippen MR) is 113 cm³/mol. The summed E-state index contributed by atoms with van der Waals surface area (Å²) in [5, 5.41) is 6.23. The van der Waals surface area contributed by atoms with Crippen LogP contribution in [0.1, 0.15) is 5.56 Å². The van der Waals surface area contributed by atoms with Crippen molar-refractivity contribution < 1.29 is 14.3 Å². The minimum absolute atomic E-state index is 0.220. The maximum atomic E-state index is 12.1. The third-order valence-electron chi connectivity index (χ3n) is 3.37. The smallest absolute Gasteiger partial charge is 0.263 e. The van der Waals surface area contributed by atoms with Crippen LogP contribution in [-0.2, 0) is 9.59 Å². The van der Waals surface area contributed by atoms with Gasteiger partial charge in [0.05, 0.1) is 4.91 Å². The highest BCUT2D eigenvalue weighted by Crippen LogP contribution is 2.31. The first-order chi connectivity index (χ1) is 12.9. The highest BCUT2D eigenvalue weighted by molar-refractivity contribution is 8.26. The minimum atomic E-state index is -0.347. The van der Waals surface area contributed by atoms with E-state index in [1.54, 1.807) is 48.5 Å². The second kappa shape index (κ2) is 8.75. The van der Waals surface area contributed by atoms with Crippen LogP contribution in [-0.4, -0.2) is 22.7 Å². The quantitative estimate of drug-likeness (QED) is 0.531. The number of halogens is 2. The molecule has 0 atom stereocenters. The monoisotopic (exact) mass is 438 g/mol. The molecule has 1 aliphatic heterocycles. The highest BCUT2D eigenvalue weighted by Gasteiger charge is 2.22. The molecule has 2 aromatic rings. The summed E-state index contributed by atoms with van der Waals surface area (Å²) in [6.45, 7) is -0.220. The van der Waals surface area contributed by atoms with E-state index in [1.807, 2.05) is 0 Å². The molecule has 1 fully saturated rings. The zero-order valence-corrected chi connectivity index (χ0v) is 16.8. The van der Waals surface area contributed by atoms with Gasteiger partial charge in [-0.15, -0.1) is 0 Å². The van der Waals surface area contributed by atoms with Gasteiger partial charge in [0.15, 0.2) is 6.61 Å². The van der Waals surface area contributed by atoms with E-state index in [-0.39, 0.29) is 18.4 Å². The van der Waals surface area contributed by atoms with Crippen LogP contribution < -0.4 is 15.4 Å². The Labute approximate surface area is 175 Å². The maximum Gasteiger partial charge on any atom is 0.263 e. The molecule has 1 heterocycles. The lowest BCUT2D eigenvalue weighted by atomic mass is 10.2. The van der Waals surface area contributed by atoms with Gasteiger partial charge >= 0.3 is 0 Å². The molecule has 2 aromatic carbocycles. The zero-order valence-electron chi connectivity index (χ0n) is 13.6. The SMILES string of the molecule is O=C(COc1ccc(Cl)cc1/C=C1\SC(=S)NC1=O)Nc1cccc(Cl)c1. The van der Waals surface area contributed by atoms with Gasteiger partial charge in [0, 0.05) is 21.3 Å². The van der Waals surface area contributed by atoms with Crippen LogP contribution >= 0.6 is 47.2 Å². The molecule has 3 rings (SSSR count). The van der Waals surface area contributed by atoms with E-state index >= 15 is 0 Å². The number of anilines is 1. The molecular weight excluding hydrogens is 427 g/mol. The van der Waals surface area contributed by atoms with Crippen LogP contribution in [0.3, 0.4) is 0 Å². The molecule has 9 heteroatoms. The molecule has 0 saturated carbocycles. The Bertz CT molecular complexity index is 963. The molecule has 0 unspecified atom stereocenters. The lowest BCUT2D eigenvalue weighted by molar-refractivity contribution is -0.118. The number of nitrogens with one attached hydrogen (secondary N) is 2. The van der Waals surface area contributed by atoms with Crippen LogP contribution in [0.2, 0.25) is 10.0 Å². The summed E-state index contributed by atoms with van der Waals surface area (Å²) in [7, 11) is 0. The Morgan fingerprint density at radius 1 is 1.22 bits per heavy atom. The Morgan fingerprint density at radius 3 is 2.70 bits per heavy atom. The molecule has 0 aromatic heterocycles. The number of hydrogen-bond donors (Lipinski definition) is 2. The molecule has 5 nitrogen and oxygen atoms in total. The number of benzene rings is 2. The van der Waals surface area contributed by atoms with Crippen molar-refractivity contribution in [3.63, 3.8) is 0 Å². The van der Waals surface area contributed by atoms with Gasteiger partial charge < -0.3 is 15.4 Å². The summed E-state index contributed by atoms with van der Waals surface area (Å²) < 4.78 is 5.99. The molecule has 0 radical (unpaired) electrons. The van der Waals surface area contributed by atoms with Crippen molar-refractivity contribution in [1.82, 2.24) is 5.32 Å². The average Bonchev–Trinajstić information content (AvgIpc) is 2.91. The summed E-state index contributed by atoms with van der Waals surface area (Å²) in [4.78, 5) is 24.4. The fourth-order valence-electron chi connectivity index (χ4n) is 2.23. The van der Waals surface area contributed by atoms with Gasteiger partial charge in [-0.1, -0.05) is 53.2 Å². The summed E-state index contributed by atoms with van der Waals surface area (Å²) in [5.74, 6) is -0.214. The standard InChI is InChI=1S/C18H12Cl2N2O3S2/c19-11-2-1-3-13(8-11)21-16(23)9-25-14-5-4-12(20)6-10(14)7-15-17(24)22-18(26)27-15/h1-8H,9H2,(H,21,23)(H,22,24,26)/b15-7-. The van der Waals surface area contributed by atoms with Crippen molar-refractivity contribution in [2.24, 2.45) is 0 Å². The lowest BCUT2D eigenvalue weighted by Crippen LogP contribution is -2.20. The van der Waals surface area contributed by atoms with E-state index in [4.69, 9.17) is 40.2 Å². The largest absolute Gasteiger partial charge is 0.483 e. The van der Waals surface area contributed by atoms with Crippen LogP contribution in [0, 0.1) is 0 Å². The molecule has 2 amide bonds. The number of carbonyl (C=O) groups excluding carboxylic acids is 2. The highest BCUT2D eigenvalue weighted by atomic mass is 35.5. The number of thiocarbonyl (C=S) groups is 1. The molecule has 0 bridgehead atoms. The summed E-state index contributed by atoms with van der Waals surface area (Å²) in [5.41, 5.74) is 1.14. The fraction of sp³-hybridized carbons (Fsp3) is 0.0556. The lowest BCUT2D eigenvalue weighted by Gasteiger charge is -2.11. The fourth-order valence-corrected chi connectivity index (χ4v) is 3.64. The van der Waals surface area contributed by atoms with E-state index < -0.39 is 0 Å². The second-order valence-electron chi connectivity index (χ2n) is 5.38. The van der Waals surface area contributed by atoms with Gasteiger partial charge in [-0.3, -0.25) is 9.59 Å². The normalized spacial score (nSPS) is 15.0. The van der Waals surface area contributed by atoms with Gasteiger partial charge in [0.2, 0.25) is 0 Å². The Morgan fingerprint density at radius 2 is 2.00 bits per heavy atom. The van der Waals surface area contributed by atoms with Crippen LogP contribution in [0.25, 0.3) is 6.08 Å². The summed E-state index contributed by atoms with van der Waals surface area (Å²) >= 11 is 18.1. The first-order valence-electron chi connectivity index (χ1n) is 7.63. The maximum absolute atomic E-state index is 12.1. The third kappa shape index (κ3) is 5.46. The van der Waals surface area contributed by atoms with Gasteiger partial charge in [-0.05, 0) is 42.5 Å². The molecule has 0 aliphatic carbocycles. The molecular formula is C18H12Cl2N2O3S2. The minimum Gasteiger partial charge on any atom is -0.483 e. The van der Waals surface area contributed by atoms with Crippen molar-refractivity contribution in [2.45, 2.75) is 0 Å². The molecule has 138 valence electrons. The summed E-state index contributed by atoms with van der Waals surface area (Å²) in [6.07, 6.45) is 1.62. The number of ether oxygens (including phenoxy) is 1. The van der Waals surface area contributed by atoms with E-state index in [1.165, 1.54) is 0 Å². The first-order valence-corrected chi connectivity index (χ1v) is 9.61. The summed E-state index contributed by atoms with van der Waals surface area (Å²) in [6, 6.07) is 11.7. The average molecular weight is 439 g/mol. The van der Waals surface area contributed by atoms with Gasteiger partial charge in [0.25, 0.3) is 11.8 Å². The van der Waals surface area contributed by atoms with Gasteiger partial charge in [-0.2, -0.15) is 0 Å². The third-order valence-corrected chi connectivity index (χ3v) is 5.00. The predicted octanol–water partition coefficient (Wildman–Crippen LogP) is 4.50. The van der Waals surface area contributed by atoms with E-state index in [0.29, 0.717) is 36.3 Å². The van der Waals surface area contributed by atoms with Gasteiger partial charge in [0.1, 0.15) is 10.1 Å². The van der Waals surface area contributed by atoms with Crippen LogP contribution in [0.5, 0.6) is 5.75 Å². The molecule has 1 aliphatic rings. The Hall–Kier alpha value is -2.06. The number of carbonyl (C=O) groups is 2. The molecule has 1 saturated heterocycles. The zero-order chi connectivity index (χ0) is 19.4. The number of amides is 2. The van der Waals surface area contributed by atoms with E-state index in [0.717, 1.165) is 11.8 Å². The molecule has 27 heavy (non-hydrogen) atoms. The number of hydrogen-bond acceptors (Lipinski definition) is 5. The van der Waals surface area contributed by atoms with E-state index in [9.17, 15) is 9.59 Å². The topological polar surface area (TPSA) is 67.4 Å². The van der Waals surface area contributed by atoms with E-state index in [2.05, 4.69) is 10.6 Å². The Balaban J connectivity index is 1.71. The van der Waals surface area contributed by atoms with Crippen molar-refractivity contribution in [3.05, 3.63) is 63.0 Å². The number of thioether (sulfide) groups is 1. The first kappa shape index (κ1) is 19.7. The Kier molecular flexibility index (Phi) is 6.38. The molecule has 2 N–H and O–H groups in total. The van der Waals surface area contributed by atoms with Gasteiger partial charge in [-0.25, -0.2) is 0 Å². The van der Waals surface area contributed by atoms with Crippen LogP contribution in [0.4, 0.5) is 5.69 Å². The van der Waals surface area contributed by atoms with Crippen molar-refractivity contribution in [1.29, 1.82) is 0 Å². The molecule has 0 spiro atoms. The van der Waals surface area contributed by atoms with Crippen molar-refractivity contribution in [2.75, 3.05) is 11.9 Å². The van der Waals surface area contributed by atoms with Crippen molar-refractivity contribution >= 4 is 75.1 Å². The van der Waals surface area contributed by atoms with Crippen LogP contribution in [0.15, 0.2) is 47.4 Å².